The molecule has 6 aromatic carbocycles. The first-order chi connectivity index (χ1) is 25.1. The molecule has 3 heteroatoms. The zero-order chi connectivity index (χ0) is 36.0. The van der Waals surface area contributed by atoms with Gasteiger partial charge in [-0.25, -0.2) is 0 Å². The maximum atomic E-state index is 2.64. The van der Waals surface area contributed by atoms with Crippen molar-refractivity contribution in [2.24, 2.45) is 0 Å². The minimum atomic E-state index is -3.15. The molecule has 0 saturated heterocycles. The summed E-state index contributed by atoms with van der Waals surface area (Å²) in [7, 11) is 0. The van der Waals surface area contributed by atoms with Gasteiger partial charge in [0.15, 0.2) is 0 Å². The van der Waals surface area contributed by atoms with Crippen molar-refractivity contribution in [3.8, 4) is 33.4 Å². The molecule has 0 N–H and O–H groups in total. The fourth-order valence-electron chi connectivity index (χ4n) is 8.43. The van der Waals surface area contributed by atoms with Crippen LogP contribution in [0.5, 0.6) is 0 Å². The molecule has 0 unspecified atom stereocenters. The van der Waals surface area contributed by atoms with E-state index < -0.39 is 21.0 Å². The average Bonchev–Trinajstić information content (AvgIpc) is 3.80. The van der Waals surface area contributed by atoms with E-state index in [0.29, 0.717) is 3.67 Å². The standard InChI is InChI=1S/C33H33.C13H10.C5H5.2ClH.Hf/c1-32(2,3)30-20-26-24(18-28(30)22-13-9-7-10-14-22)17-25-19-29(23-15-11-8-12-16-23)31(21-27(25)26)33(4,5)6;1-3-7-12(8-4-1)11-13-9-5-2-6-10-13;1-2-4-5-3-1;;;/h7-21H,1-6H3;1-10H;1-3H,4H2;2*1H;/q;;;;;+2/p-2. The second-order valence-electron chi connectivity index (χ2n) is 16.5. The molecule has 0 aliphatic heterocycles. The second kappa shape index (κ2) is 16.1. The van der Waals surface area contributed by atoms with Gasteiger partial charge < -0.3 is 24.8 Å². The minimum Gasteiger partial charge on any atom is -1.00 e. The van der Waals surface area contributed by atoms with Crippen LogP contribution in [0.2, 0.25) is 0 Å². The van der Waals surface area contributed by atoms with Gasteiger partial charge in [0.05, 0.1) is 0 Å². The molecule has 0 aromatic heterocycles. The Morgan fingerprint density at radius 2 is 0.889 bits per heavy atom. The van der Waals surface area contributed by atoms with Gasteiger partial charge in [-0.2, -0.15) is 0 Å². The molecule has 54 heavy (non-hydrogen) atoms. The van der Waals surface area contributed by atoms with E-state index in [0.717, 1.165) is 6.42 Å². The Labute approximate surface area is 342 Å². The van der Waals surface area contributed by atoms with E-state index in [4.69, 9.17) is 0 Å². The van der Waals surface area contributed by atoms with Gasteiger partial charge in [-0.05, 0) is 0 Å². The van der Waals surface area contributed by atoms with Crippen LogP contribution in [0.25, 0.3) is 33.4 Å². The van der Waals surface area contributed by atoms with Gasteiger partial charge in [0.1, 0.15) is 0 Å². The van der Waals surface area contributed by atoms with E-state index in [1.165, 1.54) is 66.8 Å². The molecule has 0 spiro atoms. The number of benzene rings is 6. The maximum absolute atomic E-state index is 3.15. The molecule has 0 saturated carbocycles. The fourth-order valence-corrected chi connectivity index (χ4v) is 21.5. The first kappa shape index (κ1) is 39.8. The Kier molecular flexibility index (Phi) is 11.8. The van der Waals surface area contributed by atoms with E-state index in [-0.39, 0.29) is 35.6 Å². The number of halogens is 2. The molecule has 0 heterocycles. The van der Waals surface area contributed by atoms with Crippen LogP contribution >= 0.6 is 0 Å². The zero-order valence-electron chi connectivity index (χ0n) is 32.1. The SMILES string of the molecule is CC(C)(C)c1cc2c(cc1-c1ccccc1)[CH]([Hf+2]([C]1=CC=CC1)=[C](c1ccccc1)c1ccccc1)c1cc(-c3ccccc3)c(C(C)(C)C)cc1-2.[Cl-].[Cl-]. The number of fused-ring (bicyclic) bond motifs is 3. The van der Waals surface area contributed by atoms with Gasteiger partial charge in [0.2, 0.25) is 0 Å². The summed E-state index contributed by atoms with van der Waals surface area (Å²) < 4.78 is 3.61. The summed E-state index contributed by atoms with van der Waals surface area (Å²) >= 11 is -3.15. The van der Waals surface area contributed by atoms with E-state index in [2.05, 4.69) is 205 Å². The monoisotopic (exact) mass is 910 g/mol. The Hall–Kier alpha value is -3.88. The molecule has 0 bridgehead atoms. The molecule has 0 fully saturated rings. The van der Waals surface area contributed by atoms with Crippen molar-refractivity contribution in [1.82, 2.24) is 0 Å². The Morgan fingerprint density at radius 1 is 0.500 bits per heavy atom. The number of hydrogen-bond acceptors (Lipinski definition) is 0. The molecule has 0 nitrogen and oxygen atoms in total. The average molecular weight is 910 g/mol. The molecule has 0 amide bonds. The quantitative estimate of drug-likeness (QED) is 0.153. The molecule has 0 radical (unpaired) electrons. The summed E-state index contributed by atoms with van der Waals surface area (Å²) in [5.41, 5.74) is 16.8. The molecule has 0 atom stereocenters. The third kappa shape index (κ3) is 7.53. The van der Waals surface area contributed by atoms with Crippen molar-refractivity contribution in [3.05, 3.63) is 201 Å². The van der Waals surface area contributed by atoms with Gasteiger partial charge in [0, 0.05) is 0 Å². The normalized spacial score (nSPS) is 13.2. The third-order valence-electron chi connectivity index (χ3n) is 10.9. The summed E-state index contributed by atoms with van der Waals surface area (Å²) in [5.74, 6) is 0. The molecule has 6 aromatic rings. The van der Waals surface area contributed by atoms with Crippen LogP contribution in [0.3, 0.4) is 0 Å². The number of allylic oxidation sites excluding steroid dienone is 4. The Bertz CT molecular complexity index is 2210. The third-order valence-corrected chi connectivity index (χ3v) is 23.0. The van der Waals surface area contributed by atoms with Crippen molar-refractivity contribution >= 4 is 3.26 Å². The summed E-state index contributed by atoms with van der Waals surface area (Å²) in [6, 6.07) is 55.4. The Morgan fingerprint density at radius 3 is 1.24 bits per heavy atom. The summed E-state index contributed by atoms with van der Waals surface area (Å²) in [6.45, 7) is 14.3. The van der Waals surface area contributed by atoms with Crippen molar-refractivity contribution in [1.29, 1.82) is 0 Å². The second-order valence-corrected chi connectivity index (χ2v) is 25.6. The molecular weight excluding hydrogens is 862 g/mol. The largest absolute Gasteiger partial charge is 1.00 e. The molecule has 270 valence electrons. The molecular formula is C51H48Cl2Hf. The van der Waals surface area contributed by atoms with Crippen LogP contribution in [0.1, 0.15) is 85.0 Å². The predicted octanol–water partition coefficient (Wildman–Crippen LogP) is 7.42. The summed E-state index contributed by atoms with van der Waals surface area (Å²) in [4.78, 5) is 0. The van der Waals surface area contributed by atoms with Gasteiger partial charge >= 0.3 is 321 Å². The van der Waals surface area contributed by atoms with Crippen LogP contribution in [0, 0.1) is 0 Å². The van der Waals surface area contributed by atoms with Crippen molar-refractivity contribution in [3.63, 3.8) is 0 Å². The first-order valence-corrected chi connectivity index (χ1v) is 24.5. The number of rotatable bonds is 6. The van der Waals surface area contributed by atoms with Crippen molar-refractivity contribution in [2.75, 3.05) is 0 Å². The predicted molar refractivity (Wildman–Crippen MR) is 220 cm³/mol. The fraction of sp³-hybridized carbons (Fsp3) is 0.196. The molecule has 2 aliphatic rings. The topological polar surface area (TPSA) is 0 Å². The van der Waals surface area contributed by atoms with Crippen LogP contribution in [-0.2, 0) is 31.8 Å². The van der Waals surface area contributed by atoms with Gasteiger partial charge in [-0.1, -0.05) is 0 Å². The maximum Gasteiger partial charge on any atom is -1.00 e. The van der Waals surface area contributed by atoms with E-state index in [1.807, 2.05) is 0 Å². The van der Waals surface area contributed by atoms with Crippen LogP contribution in [0.15, 0.2) is 167 Å². The zero-order valence-corrected chi connectivity index (χ0v) is 37.2. The Balaban J connectivity index is 0.00000249. The summed E-state index contributed by atoms with van der Waals surface area (Å²) in [5, 5.41) is 0. The van der Waals surface area contributed by atoms with Crippen LogP contribution in [-0.4, -0.2) is 3.26 Å². The van der Waals surface area contributed by atoms with E-state index in [9.17, 15) is 0 Å². The number of hydrogen-bond donors (Lipinski definition) is 0. The smallest absolute Gasteiger partial charge is 1.00 e. The van der Waals surface area contributed by atoms with Crippen molar-refractivity contribution in [2.45, 2.75) is 62.5 Å². The van der Waals surface area contributed by atoms with Gasteiger partial charge in [-0.15, -0.1) is 0 Å². The van der Waals surface area contributed by atoms with Gasteiger partial charge in [0.25, 0.3) is 0 Å². The minimum absolute atomic E-state index is 0. The first-order valence-electron chi connectivity index (χ1n) is 18.8. The van der Waals surface area contributed by atoms with Crippen LogP contribution < -0.4 is 24.8 Å². The van der Waals surface area contributed by atoms with E-state index >= 15 is 0 Å². The van der Waals surface area contributed by atoms with Crippen molar-refractivity contribution < 1.29 is 45.8 Å². The molecule has 2 aliphatic carbocycles. The summed E-state index contributed by atoms with van der Waals surface area (Å²) in [6.07, 6.45) is 8.25. The van der Waals surface area contributed by atoms with E-state index in [1.54, 1.807) is 6.58 Å². The van der Waals surface area contributed by atoms with Crippen LogP contribution in [0.4, 0.5) is 0 Å². The van der Waals surface area contributed by atoms with Gasteiger partial charge in [-0.3, -0.25) is 0 Å². The molecule has 8 rings (SSSR count).